The third-order valence-electron chi connectivity index (χ3n) is 2.58. The number of carbonyl (C=O) groups excluding carboxylic acids is 1. The summed E-state index contributed by atoms with van der Waals surface area (Å²) < 4.78 is 0. The van der Waals surface area contributed by atoms with Crippen molar-refractivity contribution in [2.24, 2.45) is 0 Å². The minimum Gasteiger partial charge on any atom is -0.358 e. The van der Waals surface area contributed by atoms with Crippen molar-refractivity contribution >= 4 is 17.7 Å². The first kappa shape index (κ1) is 12.7. The van der Waals surface area contributed by atoms with Crippen LogP contribution in [0.1, 0.15) is 10.8 Å². The Balaban J connectivity index is 2.24. The molecule has 0 bridgehead atoms. The van der Waals surface area contributed by atoms with Gasteiger partial charge in [0, 0.05) is 11.9 Å². The zero-order chi connectivity index (χ0) is 12.8. The normalized spacial score (nSPS) is 11.8. The van der Waals surface area contributed by atoms with Gasteiger partial charge in [0.15, 0.2) is 0 Å². The summed E-state index contributed by atoms with van der Waals surface area (Å²) >= 11 is 1.56. The second kappa shape index (κ2) is 6.26. The molecular weight excluding hydrogens is 242 g/mol. The summed E-state index contributed by atoms with van der Waals surface area (Å²) in [5.41, 5.74) is 1.02. The number of thioether (sulfide) groups is 1. The highest BCUT2D eigenvalue weighted by atomic mass is 32.2. The van der Waals surface area contributed by atoms with Gasteiger partial charge in [-0.1, -0.05) is 48.5 Å². The van der Waals surface area contributed by atoms with Crippen molar-refractivity contribution in [3.8, 4) is 0 Å². The van der Waals surface area contributed by atoms with Crippen LogP contribution < -0.4 is 5.32 Å². The van der Waals surface area contributed by atoms with Gasteiger partial charge in [-0.25, -0.2) is 0 Å². The smallest absolute Gasteiger partial charge is 0.237 e. The molecule has 1 N–H and O–H groups in total. The molecule has 0 spiro atoms. The van der Waals surface area contributed by atoms with Crippen LogP contribution in [0, 0.1) is 0 Å². The van der Waals surface area contributed by atoms with Gasteiger partial charge in [-0.2, -0.15) is 0 Å². The number of hydrogen-bond donors (Lipinski definition) is 1. The van der Waals surface area contributed by atoms with Gasteiger partial charge in [-0.05, 0) is 17.7 Å². The van der Waals surface area contributed by atoms with Gasteiger partial charge in [0.25, 0.3) is 0 Å². The number of benzene rings is 2. The molecule has 0 aromatic heterocycles. The summed E-state index contributed by atoms with van der Waals surface area (Å²) in [4.78, 5) is 13.1. The molecule has 2 aromatic rings. The summed E-state index contributed by atoms with van der Waals surface area (Å²) in [6, 6.07) is 19.8. The van der Waals surface area contributed by atoms with Crippen LogP contribution in [0.2, 0.25) is 0 Å². The molecule has 1 atom stereocenters. The number of rotatable bonds is 4. The maximum Gasteiger partial charge on any atom is 0.237 e. The molecule has 0 saturated heterocycles. The molecule has 3 heteroatoms. The fourth-order valence-electron chi connectivity index (χ4n) is 1.67. The molecule has 0 aliphatic heterocycles. The van der Waals surface area contributed by atoms with Gasteiger partial charge < -0.3 is 5.32 Å². The van der Waals surface area contributed by atoms with Gasteiger partial charge in [0.1, 0.15) is 5.25 Å². The number of hydrogen-bond acceptors (Lipinski definition) is 2. The molecular formula is C15H15NOS. The van der Waals surface area contributed by atoms with E-state index in [9.17, 15) is 4.79 Å². The Morgan fingerprint density at radius 1 is 1.00 bits per heavy atom. The van der Waals surface area contributed by atoms with Crippen molar-refractivity contribution in [1.29, 1.82) is 0 Å². The number of carbonyl (C=O) groups is 1. The lowest BCUT2D eigenvalue weighted by Gasteiger charge is -2.15. The summed E-state index contributed by atoms with van der Waals surface area (Å²) in [7, 11) is 1.67. The third-order valence-corrected chi connectivity index (χ3v) is 3.85. The lowest BCUT2D eigenvalue weighted by Crippen LogP contribution is -2.23. The Bertz CT molecular complexity index is 498. The molecule has 2 aromatic carbocycles. The van der Waals surface area contributed by atoms with Crippen LogP contribution in [0.5, 0.6) is 0 Å². The van der Waals surface area contributed by atoms with E-state index in [-0.39, 0.29) is 11.2 Å². The fourth-order valence-corrected chi connectivity index (χ4v) is 2.77. The topological polar surface area (TPSA) is 29.1 Å². The second-order valence-corrected chi connectivity index (χ2v) is 5.01. The van der Waals surface area contributed by atoms with Crippen molar-refractivity contribution < 1.29 is 4.79 Å². The van der Waals surface area contributed by atoms with E-state index >= 15 is 0 Å². The lowest BCUT2D eigenvalue weighted by molar-refractivity contribution is -0.120. The second-order valence-electron chi connectivity index (χ2n) is 3.84. The Labute approximate surface area is 111 Å². The first-order chi connectivity index (χ1) is 8.81. The Kier molecular flexibility index (Phi) is 4.42. The molecule has 2 rings (SSSR count). The molecule has 0 aliphatic rings. The Morgan fingerprint density at radius 3 is 2.11 bits per heavy atom. The van der Waals surface area contributed by atoms with Crippen LogP contribution in [0.25, 0.3) is 0 Å². The lowest BCUT2D eigenvalue weighted by atomic mass is 10.1. The van der Waals surface area contributed by atoms with Crippen molar-refractivity contribution in [3.05, 3.63) is 66.2 Å². The molecule has 0 saturated carbocycles. The van der Waals surface area contributed by atoms with E-state index in [1.54, 1.807) is 18.8 Å². The van der Waals surface area contributed by atoms with Crippen LogP contribution in [0.3, 0.4) is 0 Å². The average Bonchev–Trinajstić information content (AvgIpc) is 2.46. The Morgan fingerprint density at radius 2 is 1.56 bits per heavy atom. The number of likely N-dealkylation sites (N-methyl/N-ethyl adjacent to an activating group) is 1. The van der Waals surface area contributed by atoms with E-state index in [1.807, 2.05) is 60.7 Å². The monoisotopic (exact) mass is 257 g/mol. The highest BCUT2D eigenvalue weighted by Crippen LogP contribution is 2.35. The molecule has 0 heterocycles. The molecule has 0 unspecified atom stereocenters. The van der Waals surface area contributed by atoms with E-state index in [1.165, 1.54) is 0 Å². The van der Waals surface area contributed by atoms with Crippen molar-refractivity contribution in [2.75, 3.05) is 7.05 Å². The van der Waals surface area contributed by atoms with Crippen molar-refractivity contribution in [1.82, 2.24) is 5.32 Å². The highest BCUT2D eigenvalue weighted by Gasteiger charge is 2.20. The zero-order valence-corrected chi connectivity index (χ0v) is 11.0. The van der Waals surface area contributed by atoms with Crippen molar-refractivity contribution in [3.63, 3.8) is 0 Å². The van der Waals surface area contributed by atoms with E-state index in [4.69, 9.17) is 0 Å². The van der Waals surface area contributed by atoms with Crippen LogP contribution in [-0.4, -0.2) is 13.0 Å². The van der Waals surface area contributed by atoms with Crippen LogP contribution >= 0.6 is 11.8 Å². The SMILES string of the molecule is CNC(=O)[C@H](Sc1ccccc1)c1ccccc1. The van der Waals surface area contributed by atoms with E-state index in [0.29, 0.717) is 0 Å². The van der Waals surface area contributed by atoms with Gasteiger partial charge in [0.05, 0.1) is 0 Å². The molecule has 0 fully saturated rings. The van der Waals surface area contributed by atoms with Crippen LogP contribution in [0.15, 0.2) is 65.6 Å². The number of amides is 1. The predicted molar refractivity (Wildman–Crippen MR) is 75.5 cm³/mol. The highest BCUT2D eigenvalue weighted by molar-refractivity contribution is 8.00. The molecule has 0 radical (unpaired) electrons. The molecule has 92 valence electrons. The Hall–Kier alpha value is -1.74. The van der Waals surface area contributed by atoms with E-state index in [0.717, 1.165) is 10.5 Å². The minimum absolute atomic E-state index is 0.0232. The third kappa shape index (κ3) is 3.14. The van der Waals surface area contributed by atoms with Gasteiger partial charge in [-0.15, -0.1) is 11.8 Å². The zero-order valence-electron chi connectivity index (χ0n) is 10.2. The summed E-state index contributed by atoms with van der Waals surface area (Å²) in [6.07, 6.45) is 0. The minimum atomic E-state index is -0.210. The van der Waals surface area contributed by atoms with Gasteiger partial charge >= 0.3 is 0 Å². The molecule has 0 aliphatic carbocycles. The van der Waals surface area contributed by atoms with Crippen LogP contribution in [-0.2, 0) is 4.79 Å². The first-order valence-electron chi connectivity index (χ1n) is 5.79. The number of nitrogens with one attached hydrogen (secondary N) is 1. The summed E-state index contributed by atoms with van der Waals surface area (Å²) in [5, 5.41) is 2.51. The maximum atomic E-state index is 12.0. The average molecular weight is 257 g/mol. The molecule has 18 heavy (non-hydrogen) atoms. The summed E-state index contributed by atoms with van der Waals surface area (Å²) in [5.74, 6) is 0.0232. The van der Waals surface area contributed by atoms with E-state index in [2.05, 4.69) is 5.32 Å². The van der Waals surface area contributed by atoms with Gasteiger partial charge in [0.2, 0.25) is 5.91 Å². The predicted octanol–water partition coefficient (Wildman–Crippen LogP) is 3.27. The maximum absolute atomic E-state index is 12.0. The fraction of sp³-hybridized carbons (Fsp3) is 0.133. The van der Waals surface area contributed by atoms with Gasteiger partial charge in [-0.3, -0.25) is 4.79 Å². The molecule has 2 nitrogen and oxygen atoms in total. The van der Waals surface area contributed by atoms with E-state index < -0.39 is 0 Å². The van der Waals surface area contributed by atoms with Crippen LogP contribution in [0.4, 0.5) is 0 Å². The first-order valence-corrected chi connectivity index (χ1v) is 6.67. The summed E-state index contributed by atoms with van der Waals surface area (Å²) in [6.45, 7) is 0. The largest absolute Gasteiger partial charge is 0.358 e. The standard InChI is InChI=1S/C15H15NOS/c1-16-15(17)14(12-8-4-2-5-9-12)18-13-10-6-3-7-11-13/h2-11,14H,1H3,(H,16,17)/t14-/m1/s1. The molecule has 1 amide bonds. The quantitative estimate of drug-likeness (QED) is 0.852. The van der Waals surface area contributed by atoms with Crippen molar-refractivity contribution in [2.45, 2.75) is 10.1 Å².